The first-order valence-electron chi connectivity index (χ1n) is 39.3. The van der Waals surface area contributed by atoms with Crippen LogP contribution in [0.2, 0.25) is 0 Å². The molecule has 4 saturated heterocycles. The van der Waals surface area contributed by atoms with Crippen molar-refractivity contribution in [3.05, 3.63) is 78.4 Å². The van der Waals surface area contributed by atoms with Crippen molar-refractivity contribution in [2.75, 3.05) is 52.4 Å². The maximum absolute atomic E-state index is 14.5. The molecule has 23 N–H and O–H groups in total. The molecule has 4 aliphatic rings. The number of amides is 13. The summed E-state index contributed by atoms with van der Waals surface area (Å²) in [5.41, 5.74) is 30.9. The van der Waals surface area contributed by atoms with Crippen molar-refractivity contribution in [3.8, 4) is 11.1 Å². The molecule has 7 rings (SSSR count). The zero-order chi connectivity index (χ0) is 83.0. The zero-order valence-corrected chi connectivity index (χ0v) is 65.0. The number of carbonyl (C=O) groups excluding carboxylic acids is 13. The average molecular weight is 1590 g/mol. The minimum Gasteiger partial charge on any atom is -0.480 e. The van der Waals surface area contributed by atoms with Crippen LogP contribution in [0.15, 0.2) is 77.1 Å². The van der Waals surface area contributed by atoms with E-state index < -0.39 is 163 Å². The van der Waals surface area contributed by atoms with Gasteiger partial charge in [-0.2, -0.15) is 0 Å². The molecule has 624 valence electrons. The van der Waals surface area contributed by atoms with Crippen LogP contribution in [0.4, 0.5) is 0 Å². The topological polar surface area (TPSA) is 593 Å². The van der Waals surface area contributed by atoms with Gasteiger partial charge in [-0.3, -0.25) is 72.3 Å². The Morgan fingerprint density at radius 1 is 0.544 bits per heavy atom. The van der Waals surface area contributed by atoms with Crippen molar-refractivity contribution in [3.63, 3.8) is 0 Å². The van der Waals surface area contributed by atoms with Gasteiger partial charge in [0.25, 0.3) is 0 Å². The number of aliphatic hydroxyl groups excluding tert-OH is 1. The summed E-state index contributed by atoms with van der Waals surface area (Å²) in [7, 11) is 0. The van der Waals surface area contributed by atoms with Crippen molar-refractivity contribution in [1.29, 1.82) is 0 Å². The van der Waals surface area contributed by atoms with Gasteiger partial charge in [0.2, 0.25) is 76.8 Å². The van der Waals surface area contributed by atoms with Crippen molar-refractivity contribution < 1.29 is 77.3 Å². The summed E-state index contributed by atoms with van der Waals surface area (Å²) >= 11 is 0. The monoisotopic (exact) mass is 1590 g/mol. The van der Waals surface area contributed by atoms with Crippen LogP contribution in [0.3, 0.4) is 0 Å². The van der Waals surface area contributed by atoms with E-state index in [9.17, 15) is 77.3 Å². The number of nitrogens with zero attached hydrogens (tertiary/aromatic N) is 6. The van der Waals surface area contributed by atoms with Gasteiger partial charge in [0.15, 0.2) is 11.9 Å². The number of carbonyl (C=O) groups is 14. The molecule has 38 nitrogen and oxygen atoms in total. The first-order valence-corrected chi connectivity index (χ1v) is 39.3. The molecule has 0 aliphatic carbocycles. The van der Waals surface area contributed by atoms with Crippen LogP contribution in [-0.2, 0) is 80.0 Å². The minimum absolute atomic E-state index is 0.00785. The summed E-state index contributed by atoms with van der Waals surface area (Å²) in [6.07, 6.45) is 6.89. The Kier molecular flexibility index (Phi) is 35.8. The highest BCUT2D eigenvalue weighted by Crippen LogP contribution is 2.26. The van der Waals surface area contributed by atoms with Crippen LogP contribution in [0.1, 0.15) is 154 Å². The first kappa shape index (κ1) is 89.9. The second kappa shape index (κ2) is 45.4. The average Bonchev–Trinajstić information content (AvgIpc) is 1.58. The quantitative estimate of drug-likeness (QED) is 0.0149. The number of carboxylic acids is 1. The third-order valence-electron chi connectivity index (χ3n) is 20.3. The van der Waals surface area contributed by atoms with Crippen molar-refractivity contribution in [2.45, 2.75) is 228 Å². The molecule has 0 radical (unpaired) electrons. The molecular weight excluding hydrogens is 1480 g/mol. The Morgan fingerprint density at radius 3 is 1.56 bits per heavy atom. The summed E-state index contributed by atoms with van der Waals surface area (Å²) in [6.45, 7) is 4.48. The lowest BCUT2D eigenvalue weighted by molar-refractivity contribution is -0.145. The third-order valence-corrected chi connectivity index (χ3v) is 20.3. The normalized spacial score (nSPS) is 18.6. The molecule has 38 heteroatoms. The first-order chi connectivity index (χ1) is 54.6. The molecule has 0 bridgehead atoms. The molecule has 0 spiro atoms. The molecule has 1 aromatic heterocycles. The number of aliphatic carboxylic acids is 1. The molecule has 114 heavy (non-hydrogen) atoms. The maximum atomic E-state index is 14.5. The number of nitrogens with two attached hydrogens (primary N) is 5. The number of unbranched alkanes of at least 4 members (excludes halogenated alkanes) is 2. The minimum atomic E-state index is -1.77. The van der Waals surface area contributed by atoms with E-state index in [2.05, 4.69) is 73.1 Å². The molecule has 0 unspecified atom stereocenters. The number of likely N-dealkylation sites (tertiary alicyclic amines) is 3. The number of guanidine groups is 2. The summed E-state index contributed by atoms with van der Waals surface area (Å²) in [5.74, 6) is -11.4. The van der Waals surface area contributed by atoms with Crippen molar-refractivity contribution in [2.24, 2.45) is 44.6 Å². The fraction of sp³-hybridized carbons (Fsp3) is 0.592. The van der Waals surface area contributed by atoms with E-state index >= 15 is 0 Å². The standard InChI is InChI=1S/C76H114N22O16/c1-4-5-18-52(72(111)98-36-15-24-60(98)71(110)94-56(74(113)114)38-45-25-27-47(28-26-45)46-16-7-6-8-17-46)91-69(108)58-22-13-34-96(58)62(101)41-85-63(102)49(19-9-10-31-77)88-67(106)55(39-48-40-82-43-86-48)93-68(107)57(42-99)95-66(105)54(37-44(2)3)92-64(103)50(20-11-32-83-75(78)79)89-70(109)59-23-14-35-97(59)73(112)53(21-12-33-84-76(80)81)90-65(104)51-29-30-61(100)87-51/h6-8,16-17,25-28,40,43-44,49-60,99H,4-5,9-15,18-24,29-39,41-42,77H2,1-3H3,(H,82,86)(H,85,102)(H,87,100)(H,88,106)(H,89,109)(H,90,104)(H,91,108)(H,92,103)(H,93,107)(H,94,110)(H,95,105)(H,113,114)(H4,78,79,83)(H4,80,81,84)/t49-,50-,51-,52-,53-,54-,55-,56+,57-,58-,59-,60-/m0/s1. The van der Waals surface area contributed by atoms with Crippen molar-refractivity contribution in [1.82, 2.24) is 77.8 Å². The number of carboxylic acid groups (broad SMARTS) is 1. The Bertz CT molecular complexity index is 3840. The number of nitrogens with one attached hydrogen (secondary N) is 11. The molecule has 5 heterocycles. The zero-order valence-electron chi connectivity index (χ0n) is 65.0. The van der Waals surface area contributed by atoms with E-state index in [0.29, 0.717) is 56.2 Å². The second-order valence-corrected chi connectivity index (χ2v) is 29.5. The van der Waals surface area contributed by atoms with E-state index in [1.807, 2.05) is 49.4 Å². The number of rotatable bonds is 45. The molecule has 0 saturated carbocycles. The Labute approximate surface area is 661 Å². The Balaban J connectivity index is 0.977. The fourth-order valence-electron chi connectivity index (χ4n) is 14.3. The van der Waals surface area contributed by atoms with E-state index in [1.54, 1.807) is 26.0 Å². The van der Waals surface area contributed by atoms with Gasteiger partial charge in [0.05, 0.1) is 19.5 Å². The van der Waals surface area contributed by atoms with Gasteiger partial charge >= 0.3 is 5.97 Å². The van der Waals surface area contributed by atoms with Crippen LogP contribution in [0.5, 0.6) is 0 Å². The lowest BCUT2D eigenvalue weighted by Gasteiger charge is -2.31. The van der Waals surface area contributed by atoms with Crippen LogP contribution < -0.4 is 81.8 Å². The number of imidazole rings is 1. The number of hydrogen-bond acceptors (Lipinski definition) is 19. The number of aliphatic hydroxyl groups is 1. The largest absolute Gasteiger partial charge is 0.480 e. The second-order valence-electron chi connectivity index (χ2n) is 29.5. The number of aromatic nitrogens is 2. The highest BCUT2D eigenvalue weighted by atomic mass is 16.4. The predicted octanol–water partition coefficient (Wildman–Crippen LogP) is -3.34. The van der Waals surface area contributed by atoms with Crippen LogP contribution in [-0.4, -0.2) is 254 Å². The van der Waals surface area contributed by atoms with Gasteiger partial charge in [-0.15, -0.1) is 0 Å². The number of aromatic amines is 1. The summed E-state index contributed by atoms with van der Waals surface area (Å²) in [6, 6.07) is 1.83. The Morgan fingerprint density at radius 2 is 1.03 bits per heavy atom. The van der Waals surface area contributed by atoms with E-state index in [0.717, 1.165) is 11.1 Å². The van der Waals surface area contributed by atoms with Crippen LogP contribution in [0, 0.1) is 5.92 Å². The van der Waals surface area contributed by atoms with E-state index in [1.165, 1.54) is 27.2 Å². The fourth-order valence-corrected chi connectivity index (χ4v) is 14.3. The van der Waals surface area contributed by atoms with Crippen molar-refractivity contribution >= 4 is 94.7 Å². The van der Waals surface area contributed by atoms with Gasteiger partial charge in [-0.05, 0) is 132 Å². The molecule has 13 amide bonds. The molecule has 4 aliphatic heterocycles. The number of benzene rings is 2. The third kappa shape index (κ3) is 27.5. The van der Waals surface area contributed by atoms with Crippen LogP contribution >= 0.6 is 0 Å². The number of hydrogen-bond donors (Lipinski definition) is 18. The lowest BCUT2D eigenvalue weighted by atomic mass is 10.0. The van der Waals surface area contributed by atoms with E-state index in [4.69, 9.17) is 28.7 Å². The summed E-state index contributed by atoms with van der Waals surface area (Å²) in [4.78, 5) is 214. The molecule has 12 atom stereocenters. The highest BCUT2D eigenvalue weighted by Gasteiger charge is 2.44. The predicted molar refractivity (Wildman–Crippen MR) is 418 cm³/mol. The van der Waals surface area contributed by atoms with Crippen LogP contribution in [0.25, 0.3) is 11.1 Å². The number of aliphatic imine (C=N–C) groups is 2. The van der Waals surface area contributed by atoms with Gasteiger partial charge in [0, 0.05) is 63.9 Å². The summed E-state index contributed by atoms with van der Waals surface area (Å²) < 4.78 is 0. The lowest BCUT2D eigenvalue weighted by Crippen LogP contribution is -2.61. The van der Waals surface area contributed by atoms with Gasteiger partial charge in [-0.25, -0.2) is 9.78 Å². The van der Waals surface area contributed by atoms with Gasteiger partial charge in [-0.1, -0.05) is 88.2 Å². The molecule has 3 aromatic rings. The van der Waals surface area contributed by atoms with E-state index in [-0.39, 0.29) is 153 Å². The molecular formula is C76H114N22O16. The maximum Gasteiger partial charge on any atom is 0.326 e. The summed E-state index contributed by atoms with van der Waals surface area (Å²) in [5, 5.41) is 47.5. The SMILES string of the molecule is CCCC[C@H](NC(=O)[C@@H]1CCCN1C(=O)CNC(=O)[C@H](CCCCN)NC(=O)[C@H](Cc1cnc[nH]1)NC(=O)[C@H](CO)NC(=O)[C@H](CC(C)C)NC(=O)[C@H](CCCN=C(N)N)NC(=O)[C@@H]1CCCN1C(=O)[C@H](CCCN=C(N)N)NC(=O)[C@@H]1CCC(=O)N1)C(=O)N1CCC[C@H]1C(=O)N[C@H](Cc1ccc(-c2ccccc2)cc1)C(=O)O. The smallest absolute Gasteiger partial charge is 0.326 e. The van der Waals surface area contributed by atoms with Gasteiger partial charge < -0.3 is 112 Å². The molecule has 2 aromatic carbocycles. The number of H-pyrrole nitrogens is 1. The Hall–Kier alpha value is -11.3. The van der Waals surface area contributed by atoms with Gasteiger partial charge in [0.1, 0.15) is 72.5 Å². The molecule has 4 fully saturated rings. The highest BCUT2D eigenvalue weighted by molar-refractivity contribution is 6.00.